The zero-order chi connectivity index (χ0) is 14.9. The van der Waals surface area contributed by atoms with Gasteiger partial charge in [-0.15, -0.1) is 0 Å². The van der Waals surface area contributed by atoms with Gasteiger partial charge in [0.15, 0.2) is 0 Å². The Labute approximate surface area is 115 Å². The summed E-state index contributed by atoms with van der Waals surface area (Å²) < 4.78 is 18.8. The normalized spacial score (nSPS) is 27.2. The Bertz CT molecular complexity index is 425. The molecule has 2 amide bonds. The number of hydrazine groups is 1. The topological polar surface area (TPSA) is 94.6 Å². The SMILES string of the molecule is COC(=O)OC1CC2CC1N(C(=O)OC)N2C(=O)OC. The Kier molecular flexibility index (Phi) is 3.86. The number of methoxy groups -OCH3 is 3. The van der Waals surface area contributed by atoms with Crippen molar-refractivity contribution in [1.29, 1.82) is 0 Å². The maximum Gasteiger partial charge on any atom is 0.508 e. The van der Waals surface area contributed by atoms with E-state index in [-0.39, 0.29) is 6.04 Å². The van der Waals surface area contributed by atoms with Crippen molar-refractivity contribution in [3.05, 3.63) is 0 Å². The fraction of sp³-hybridized carbons (Fsp3) is 0.727. The minimum Gasteiger partial charge on any atom is -0.452 e. The van der Waals surface area contributed by atoms with Gasteiger partial charge in [-0.3, -0.25) is 0 Å². The first-order valence-electron chi connectivity index (χ1n) is 6.02. The van der Waals surface area contributed by atoms with Crippen LogP contribution < -0.4 is 0 Å². The smallest absolute Gasteiger partial charge is 0.452 e. The number of hydrogen-bond acceptors (Lipinski definition) is 7. The van der Waals surface area contributed by atoms with Crippen molar-refractivity contribution in [3.63, 3.8) is 0 Å². The molecule has 1 heterocycles. The van der Waals surface area contributed by atoms with Crippen LogP contribution in [0.3, 0.4) is 0 Å². The summed E-state index contributed by atoms with van der Waals surface area (Å²) in [6, 6.07) is -0.744. The van der Waals surface area contributed by atoms with E-state index in [1.165, 1.54) is 26.3 Å². The molecule has 20 heavy (non-hydrogen) atoms. The molecule has 9 heteroatoms. The molecule has 1 aliphatic carbocycles. The molecule has 0 aromatic carbocycles. The van der Waals surface area contributed by atoms with Crippen molar-refractivity contribution in [2.75, 3.05) is 21.3 Å². The van der Waals surface area contributed by atoms with Crippen molar-refractivity contribution in [2.24, 2.45) is 0 Å². The first-order chi connectivity index (χ1) is 9.53. The van der Waals surface area contributed by atoms with Gasteiger partial charge in [0, 0.05) is 6.42 Å². The molecule has 1 saturated heterocycles. The van der Waals surface area contributed by atoms with Gasteiger partial charge in [0.2, 0.25) is 0 Å². The maximum absolute atomic E-state index is 11.8. The van der Waals surface area contributed by atoms with Crippen LogP contribution in [0.25, 0.3) is 0 Å². The van der Waals surface area contributed by atoms with Gasteiger partial charge in [0.1, 0.15) is 6.10 Å². The Hall–Kier alpha value is -2.19. The standard InChI is InChI=1S/C11H16N2O7/c1-17-9(14)12-6-4-7(13(12)10(15)18-2)8(5-6)20-11(16)19-3/h6-8H,4-5H2,1-3H3. The highest BCUT2D eigenvalue weighted by Crippen LogP contribution is 2.40. The van der Waals surface area contributed by atoms with Gasteiger partial charge in [0.05, 0.1) is 33.4 Å². The van der Waals surface area contributed by atoms with E-state index in [2.05, 4.69) is 14.2 Å². The molecule has 0 spiro atoms. The lowest BCUT2D eigenvalue weighted by Gasteiger charge is -2.38. The van der Waals surface area contributed by atoms with Gasteiger partial charge in [-0.25, -0.2) is 24.4 Å². The molecule has 112 valence electrons. The minimum atomic E-state index is -0.822. The van der Waals surface area contributed by atoms with Crippen LogP contribution in [-0.2, 0) is 18.9 Å². The van der Waals surface area contributed by atoms with Crippen molar-refractivity contribution >= 4 is 18.3 Å². The van der Waals surface area contributed by atoms with Crippen LogP contribution in [0.1, 0.15) is 12.8 Å². The number of hydrogen-bond donors (Lipinski definition) is 0. The third kappa shape index (κ3) is 2.19. The van der Waals surface area contributed by atoms with Crippen LogP contribution in [0.5, 0.6) is 0 Å². The van der Waals surface area contributed by atoms with E-state index in [1.54, 1.807) is 0 Å². The van der Waals surface area contributed by atoms with Crippen LogP contribution in [-0.4, -0.2) is 67.9 Å². The molecule has 0 radical (unpaired) electrons. The number of rotatable bonds is 1. The summed E-state index contributed by atoms with van der Waals surface area (Å²) in [5, 5.41) is 2.33. The number of nitrogens with zero attached hydrogens (tertiary/aromatic N) is 2. The van der Waals surface area contributed by atoms with E-state index < -0.39 is 30.5 Å². The van der Waals surface area contributed by atoms with Crippen LogP contribution in [0.15, 0.2) is 0 Å². The van der Waals surface area contributed by atoms with E-state index >= 15 is 0 Å². The lowest BCUT2D eigenvalue weighted by Crippen LogP contribution is -2.57. The lowest BCUT2D eigenvalue weighted by molar-refractivity contribution is -0.0789. The Morgan fingerprint density at radius 1 is 0.900 bits per heavy atom. The predicted octanol–water partition coefficient (Wildman–Crippen LogP) is 0.734. The second-order valence-corrected chi connectivity index (χ2v) is 4.43. The van der Waals surface area contributed by atoms with Crippen LogP contribution >= 0.6 is 0 Å². The number of amides is 2. The molecule has 3 atom stereocenters. The van der Waals surface area contributed by atoms with Crippen molar-refractivity contribution in [3.8, 4) is 0 Å². The van der Waals surface area contributed by atoms with E-state index in [1.807, 2.05) is 0 Å². The Morgan fingerprint density at radius 2 is 1.50 bits per heavy atom. The number of fused-ring (bicyclic) bond motifs is 2. The highest BCUT2D eigenvalue weighted by Gasteiger charge is 2.57. The molecule has 3 unspecified atom stereocenters. The molecule has 0 aromatic rings. The molecule has 1 aliphatic heterocycles. The van der Waals surface area contributed by atoms with Crippen molar-refractivity contribution in [1.82, 2.24) is 10.0 Å². The van der Waals surface area contributed by atoms with Gasteiger partial charge >= 0.3 is 18.3 Å². The molecular weight excluding hydrogens is 272 g/mol. The fourth-order valence-corrected chi connectivity index (χ4v) is 2.69. The molecule has 2 rings (SSSR count). The third-order valence-corrected chi connectivity index (χ3v) is 3.48. The second kappa shape index (κ2) is 5.43. The molecule has 2 fully saturated rings. The first kappa shape index (κ1) is 14.2. The zero-order valence-electron chi connectivity index (χ0n) is 11.4. The minimum absolute atomic E-state index is 0.277. The summed E-state index contributed by atoms with van der Waals surface area (Å²) in [7, 11) is 3.64. The average molecular weight is 288 g/mol. The highest BCUT2D eigenvalue weighted by atomic mass is 16.7. The summed E-state index contributed by atoms with van der Waals surface area (Å²) in [4.78, 5) is 34.7. The molecular formula is C11H16N2O7. The summed E-state index contributed by atoms with van der Waals surface area (Å²) in [5.41, 5.74) is 0. The van der Waals surface area contributed by atoms with E-state index in [0.717, 1.165) is 5.01 Å². The molecule has 9 nitrogen and oxygen atoms in total. The summed E-state index contributed by atoms with van der Waals surface area (Å²) in [6.45, 7) is 0. The molecule has 0 aromatic heterocycles. The maximum atomic E-state index is 11.8. The quantitative estimate of drug-likeness (QED) is 0.518. The van der Waals surface area contributed by atoms with Crippen LogP contribution in [0.4, 0.5) is 14.4 Å². The lowest BCUT2D eigenvalue weighted by atomic mass is 10.2. The zero-order valence-corrected chi connectivity index (χ0v) is 11.4. The number of carbonyl (C=O) groups excluding carboxylic acids is 3. The van der Waals surface area contributed by atoms with Gasteiger partial charge in [-0.2, -0.15) is 0 Å². The fourth-order valence-electron chi connectivity index (χ4n) is 2.69. The van der Waals surface area contributed by atoms with Crippen LogP contribution in [0.2, 0.25) is 0 Å². The average Bonchev–Trinajstić information content (AvgIpc) is 3.02. The highest BCUT2D eigenvalue weighted by molar-refractivity contribution is 5.76. The third-order valence-electron chi connectivity index (χ3n) is 3.48. The van der Waals surface area contributed by atoms with Gasteiger partial charge in [-0.05, 0) is 6.42 Å². The largest absolute Gasteiger partial charge is 0.508 e. The van der Waals surface area contributed by atoms with E-state index in [0.29, 0.717) is 12.8 Å². The van der Waals surface area contributed by atoms with Gasteiger partial charge < -0.3 is 18.9 Å². The summed E-state index contributed by atoms with van der Waals surface area (Å²) in [5.74, 6) is 0. The molecule has 0 N–H and O–H groups in total. The van der Waals surface area contributed by atoms with Crippen molar-refractivity contribution < 1.29 is 33.3 Å². The second-order valence-electron chi connectivity index (χ2n) is 4.43. The van der Waals surface area contributed by atoms with Gasteiger partial charge in [0.25, 0.3) is 0 Å². The van der Waals surface area contributed by atoms with Crippen LogP contribution in [0, 0.1) is 0 Å². The molecule has 2 aliphatic rings. The van der Waals surface area contributed by atoms with Gasteiger partial charge in [-0.1, -0.05) is 0 Å². The predicted molar refractivity (Wildman–Crippen MR) is 62.6 cm³/mol. The van der Waals surface area contributed by atoms with E-state index in [9.17, 15) is 14.4 Å². The first-order valence-corrected chi connectivity index (χ1v) is 6.02. The number of carbonyl (C=O) groups is 3. The summed E-state index contributed by atoms with van der Waals surface area (Å²) in [6.07, 6.45) is -1.81. The summed E-state index contributed by atoms with van der Waals surface area (Å²) >= 11 is 0. The molecule has 2 bridgehead atoms. The Balaban J connectivity index is 2.17. The Morgan fingerprint density at radius 3 is 2.05 bits per heavy atom. The monoisotopic (exact) mass is 288 g/mol. The number of ether oxygens (including phenoxy) is 4. The molecule has 1 saturated carbocycles. The van der Waals surface area contributed by atoms with Crippen molar-refractivity contribution in [2.45, 2.75) is 31.0 Å². The van der Waals surface area contributed by atoms with E-state index in [4.69, 9.17) is 4.74 Å².